The molecule has 0 aromatic rings. The lowest BCUT2D eigenvalue weighted by molar-refractivity contribution is 0.0303. The number of hydrogen-bond donors (Lipinski definition) is 0. The van der Waals surface area contributed by atoms with Gasteiger partial charge in [-0.05, 0) is 6.42 Å². The summed E-state index contributed by atoms with van der Waals surface area (Å²) in [5.74, 6) is 0. The second kappa shape index (κ2) is 8.18. The predicted octanol–water partition coefficient (Wildman–Crippen LogP) is -1.33. The molecule has 0 unspecified atom stereocenters. The van der Waals surface area contributed by atoms with Crippen LogP contribution in [-0.2, 0) is 49.4 Å². The summed E-state index contributed by atoms with van der Waals surface area (Å²) < 4.78 is 70.7. The van der Waals surface area contributed by atoms with E-state index in [0.29, 0.717) is 6.04 Å². The van der Waals surface area contributed by atoms with Crippen LogP contribution in [0.2, 0.25) is 6.04 Å². The molecular formula is C6H13O12Si8. The van der Waals surface area contributed by atoms with Gasteiger partial charge in [0, 0.05) is 6.04 Å². The average molecular weight is 502 g/mol. The number of unbranched alkanes of at least 4 members (excludes halogenated alkanes) is 3. The van der Waals surface area contributed by atoms with Gasteiger partial charge < -0.3 is 49.4 Å². The van der Waals surface area contributed by atoms with Crippen LogP contribution in [0.25, 0.3) is 0 Å². The van der Waals surface area contributed by atoms with Gasteiger partial charge in [0.25, 0.3) is 0 Å². The van der Waals surface area contributed by atoms with Gasteiger partial charge in [0.1, 0.15) is 0 Å². The summed E-state index contributed by atoms with van der Waals surface area (Å²) in [4.78, 5) is 0. The Hall–Kier alpha value is 1.26. The Balaban J connectivity index is 1.45. The van der Waals surface area contributed by atoms with Crippen molar-refractivity contribution in [3.8, 4) is 0 Å². The molecule has 6 fully saturated rings. The number of rotatable bonds is 5. The summed E-state index contributed by atoms with van der Waals surface area (Å²) >= 11 is 0. The van der Waals surface area contributed by atoms with Crippen molar-refractivity contribution in [2.45, 2.75) is 38.7 Å². The highest BCUT2D eigenvalue weighted by Gasteiger charge is 2.64. The molecular weight excluding hydrogens is 489 g/mol. The lowest BCUT2D eigenvalue weighted by Gasteiger charge is -2.45. The highest BCUT2D eigenvalue weighted by Crippen LogP contribution is 2.32. The molecule has 6 heterocycles. The fraction of sp³-hybridized carbons (Fsp3) is 1.00. The summed E-state index contributed by atoms with van der Waals surface area (Å²) in [7, 11) is -18.9. The van der Waals surface area contributed by atoms with E-state index in [1.165, 1.54) is 0 Å². The van der Waals surface area contributed by atoms with Gasteiger partial charge in [-0.15, -0.1) is 0 Å². The topological polar surface area (TPSA) is 111 Å². The molecule has 0 saturated carbocycles. The Labute approximate surface area is 163 Å². The fourth-order valence-electron chi connectivity index (χ4n) is 2.41. The Morgan fingerprint density at radius 3 is 1.27 bits per heavy atom. The minimum absolute atomic E-state index is 0.583. The average Bonchev–Trinajstić information content (AvgIpc) is 2.47. The minimum Gasteiger partial charge on any atom is -0.371 e. The summed E-state index contributed by atoms with van der Waals surface area (Å²) in [6, 6.07) is 0.583. The zero-order valence-electron chi connectivity index (χ0n) is 13.4. The van der Waals surface area contributed by atoms with E-state index in [1.54, 1.807) is 0 Å². The zero-order chi connectivity index (χ0) is 17.6. The molecule has 0 N–H and O–H groups in total. The van der Waals surface area contributed by atoms with Gasteiger partial charge in [0.2, 0.25) is 0 Å². The summed E-state index contributed by atoms with van der Waals surface area (Å²) in [5, 5.41) is 0. The van der Waals surface area contributed by atoms with Crippen LogP contribution in [0.5, 0.6) is 0 Å². The maximum absolute atomic E-state index is 6.18. The molecule has 0 aliphatic carbocycles. The van der Waals surface area contributed by atoms with E-state index in [4.69, 9.17) is 49.4 Å². The molecule has 6 rings (SSSR count). The van der Waals surface area contributed by atoms with Gasteiger partial charge in [-0.3, -0.25) is 0 Å². The standard InChI is InChI=1S/C6H13O12Si8/c1-2-3-4-5-6-26-16-23-10-20-7-19-8-21(12-23)14-25(18-26)15-22(9-19)13-24(11-20)17-26/h2-6H2,1H3. The number of hydrogen-bond acceptors (Lipinski definition) is 12. The highest BCUT2D eigenvalue weighted by molar-refractivity contribution is 6.86. The molecule has 141 valence electrons. The summed E-state index contributed by atoms with van der Waals surface area (Å²) in [6.07, 6.45) is 4.17. The second-order valence-corrected chi connectivity index (χ2v) is 20.6. The monoisotopic (exact) mass is 501 g/mol. The summed E-state index contributed by atoms with van der Waals surface area (Å²) in [5.41, 5.74) is 0. The van der Waals surface area contributed by atoms with Crippen molar-refractivity contribution in [1.29, 1.82) is 0 Å². The van der Waals surface area contributed by atoms with Crippen molar-refractivity contribution >= 4 is 75.5 Å². The third-order valence-corrected chi connectivity index (χ3v) is 22.3. The Kier molecular flexibility index (Phi) is 6.05. The third-order valence-electron chi connectivity index (χ3n) is 3.55. The van der Waals surface area contributed by atoms with E-state index in [1.807, 2.05) is 0 Å². The Bertz CT molecular complexity index is 440. The SMILES string of the molecule is CCCCCC[Si]12O[Si]3O[Si]4O[Si]5O[Si](O3)O[Si](O[Si](O5)O[Si](O4)O1)O2. The largest absolute Gasteiger partial charge is 0.553 e. The van der Waals surface area contributed by atoms with Gasteiger partial charge in [-0.2, -0.15) is 0 Å². The van der Waals surface area contributed by atoms with Crippen LogP contribution in [0.1, 0.15) is 32.6 Å². The second-order valence-electron chi connectivity index (χ2n) is 5.47. The maximum Gasteiger partial charge on any atom is 0.553 e. The van der Waals surface area contributed by atoms with Crippen molar-refractivity contribution in [2.24, 2.45) is 0 Å². The van der Waals surface area contributed by atoms with Crippen molar-refractivity contribution in [3.63, 3.8) is 0 Å². The molecule has 6 aliphatic heterocycles. The van der Waals surface area contributed by atoms with E-state index in [9.17, 15) is 0 Å². The van der Waals surface area contributed by atoms with Crippen LogP contribution >= 0.6 is 0 Å². The van der Waals surface area contributed by atoms with E-state index in [-0.39, 0.29) is 0 Å². The van der Waals surface area contributed by atoms with Crippen LogP contribution in [0.3, 0.4) is 0 Å². The van der Waals surface area contributed by atoms with Gasteiger partial charge in [0.05, 0.1) is 0 Å². The fourth-order valence-corrected chi connectivity index (χ4v) is 25.3. The molecule has 26 heavy (non-hydrogen) atoms. The first-order valence-corrected chi connectivity index (χ1v) is 18.5. The highest BCUT2D eigenvalue weighted by atomic mass is 28.6. The van der Waals surface area contributed by atoms with Crippen molar-refractivity contribution in [3.05, 3.63) is 0 Å². The van der Waals surface area contributed by atoms with E-state index in [2.05, 4.69) is 6.92 Å². The van der Waals surface area contributed by atoms with Crippen LogP contribution in [0.15, 0.2) is 0 Å². The van der Waals surface area contributed by atoms with Gasteiger partial charge >= 0.3 is 75.5 Å². The maximum atomic E-state index is 6.18. The van der Waals surface area contributed by atoms with Crippen molar-refractivity contribution in [2.75, 3.05) is 0 Å². The molecule has 0 spiro atoms. The van der Waals surface area contributed by atoms with Gasteiger partial charge in [-0.25, -0.2) is 0 Å². The molecule has 0 amide bonds. The summed E-state index contributed by atoms with van der Waals surface area (Å²) in [6.45, 7) is 2.15. The first-order chi connectivity index (χ1) is 12.7. The molecule has 20 heteroatoms. The van der Waals surface area contributed by atoms with E-state index >= 15 is 0 Å². The third kappa shape index (κ3) is 4.23. The lowest BCUT2D eigenvalue weighted by atomic mass is 10.2. The molecule has 8 bridgehead atoms. The first kappa shape index (κ1) is 19.2. The van der Waals surface area contributed by atoms with Crippen molar-refractivity contribution < 1.29 is 49.4 Å². The molecule has 0 aromatic heterocycles. The van der Waals surface area contributed by atoms with E-state index < -0.39 is 75.5 Å². The molecule has 0 aromatic carbocycles. The Morgan fingerprint density at radius 2 is 0.885 bits per heavy atom. The quantitative estimate of drug-likeness (QED) is 0.328. The van der Waals surface area contributed by atoms with Crippen LogP contribution in [0.4, 0.5) is 0 Å². The van der Waals surface area contributed by atoms with Gasteiger partial charge in [-0.1, -0.05) is 26.2 Å². The van der Waals surface area contributed by atoms with Crippen LogP contribution < -0.4 is 0 Å². The molecule has 6 saturated heterocycles. The van der Waals surface area contributed by atoms with Crippen LogP contribution in [-0.4, -0.2) is 75.5 Å². The van der Waals surface area contributed by atoms with Crippen LogP contribution in [0, 0.1) is 0 Å². The molecule has 7 radical (unpaired) electrons. The van der Waals surface area contributed by atoms with E-state index in [0.717, 1.165) is 25.7 Å². The predicted molar refractivity (Wildman–Crippen MR) is 88.0 cm³/mol. The Morgan fingerprint density at radius 1 is 0.500 bits per heavy atom. The van der Waals surface area contributed by atoms with Gasteiger partial charge in [0.15, 0.2) is 0 Å². The molecule has 0 atom stereocenters. The zero-order valence-corrected chi connectivity index (χ0v) is 21.4. The molecule has 12 nitrogen and oxygen atoms in total. The first-order valence-electron chi connectivity index (χ1n) is 7.96. The lowest BCUT2D eigenvalue weighted by Crippen LogP contribution is -2.72. The smallest absolute Gasteiger partial charge is 0.371 e. The van der Waals surface area contributed by atoms with Crippen molar-refractivity contribution in [1.82, 2.24) is 0 Å². The normalized spacial score (nSPS) is 31.7. The minimum atomic E-state index is -3.23. The molecule has 6 aliphatic rings.